The van der Waals surface area contributed by atoms with E-state index in [0.717, 1.165) is 5.56 Å². The van der Waals surface area contributed by atoms with E-state index in [1.165, 1.54) is 19.2 Å². The van der Waals surface area contributed by atoms with Gasteiger partial charge in [0.2, 0.25) is 5.91 Å². The molecule has 1 aromatic rings. The third-order valence-corrected chi connectivity index (χ3v) is 2.58. The number of phenolic OH excluding ortho intramolecular Hbond substituents is 1. The Bertz CT molecular complexity index is 431. The number of hydrogen-bond donors (Lipinski definition) is 3. The van der Waals surface area contributed by atoms with E-state index < -0.39 is 6.04 Å². The van der Waals surface area contributed by atoms with E-state index >= 15 is 0 Å². The van der Waals surface area contributed by atoms with Gasteiger partial charge in [-0.1, -0.05) is 12.1 Å². The van der Waals surface area contributed by atoms with Crippen LogP contribution in [-0.4, -0.2) is 36.7 Å². The maximum atomic E-state index is 11.6. The molecule has 0 radical (unpaired) electrons. The maximum absolute atomic E-state index is 11.6. The molecule has 6 nitrogen and oxygen atoms in total. The van der Waals surface area contributed by atoms with Gasteiger partial charge in [-0.2, -0.15) is 0 Å². The minimum absolute atomic E-state index is 0.119. The van der Waals surface area contributed by atoms with E-state index in [1.54, 1.807) is 12.1 Å². The van der Waals surface area contributed by atoms with E-state index in [0.29, 0.717) is 6.42 Å². The van der Waals surface area contributed by atoms with Gasteiger partial charge in [0.1, 0.15) is 5.75 Å². The molecule has 6 heteroatoms. The van der Waals surface area contributed by atoms with Gasteiger partial charge in [0, 0.05) is 6.54 Å². The molecule has 0 spiro atoms. The first-order chi connectivity index (χ1) is 9.02. The summed E-state index contributed by atoms with van der Waals surface area (Å²) >= 11 is 0. The number of amides is 1. The Labute approximate surface area is 111 Å². The molecule has 0 saturated carbocycles. The number of phenols is 1. The van der Waals surface area contributed by atoms with Crippen LogP contribution in [0.5, 0.6) is 5.75 Å². The van der Waals surface area contributed by atoms with E-state index in [1.807, 2.05) is 0 Å². The molecule has 0 aliphatic heterocycles. The summed E-state index contributed by atoms with van der Waals surface area (Å²) in [5, 5.41) is 11.7. The summed E-state index contributed by atoms with van der Waals surface area (Å²) in [6.45, 7) is 0.203. The minimum atomic E-state index is -0.692. The number of aromatic hydroxyl groups is 1. The molecular formula is C13H18N2O4. The van der Waals surface area contributed by atoms with Gasteiger partial charge < -0.3 is 20.9 Å². The standard InChI is InChI=1S/C13H18N2O4/c1-19-12(17)6-7-15-13(18)11(14)8-9-2-4-10(16)5-3-9/h2-5,11,16H,6-8,14H2,1H3,(H,15,18)/t11-/m1/s1. The van der Waals surface area contributed by atoms with Crippen LogP contribution in [0, 0.1) is 0 Å². The number of benzene rings is 1. The Morgan fingerprint density at radius 1 is 1.37 bits per heavy atom. The first-order valence-corrected chi connectivity index (χ1v) is 5.91. The lowest BCUT2D eigenvalue weighted by Crippen LogP contribution is -2.42. The van der Waals surface area contributed by atoms with Crippen molar-refractivity contribution in [2.45, 2.75) is 18.9 Å². The average molecular weight is 266 g/mol. The zero-order chi connectivity index (χ0) is 14.3. The molecule has 0 fully saturated rings. The van der Waals surface area contributed by atoms with Crippen molar-refractivity contribution >= 4 is 11.9 Å². The lowest BCUT2D eigenvalue weighted by atomic mass is 10.1. The van der Waals surface area contributed by atoms with Gasteiger partial charge in [0.05, 0.1) is 19.6 Å². The van der Waals surface area contributed by atoms with E-state index in [4.69, 9.17) is 10.8 Å². The lowest BCUT2D eigenvalue weighted by Gasteiger charge is -2.12. The lowest BCUT2D eigenvalue weighted by molar-refractivity contribution is -0.140. The molecule has 0 bridgehead atoms. The predicted octanol–water partition coefficient (Wildman–Crippen LogP) is -0.0587. The third kappa shape index (κ3) is 5.39. The molecule has 0 aliphatic carbocycles. The second kappa shape index (κ2) is 7.38. The van der Waals surface area contributed by atoms with Gasteiger partial charge in [-0.25, -0.2) is 0 Å². The van der Waals surface area contributed by atoms with Crippen molar-refractivity contribution in [2.75, 3.05) is 13.7 Å². The Morgan fingerprint density at radius 2 is 2.00 bits per heavy atom. The number of nitrogens with two attached hydrogens (primary N) is 1. The van der Waals surface area contributed by atoms with Gasteiger partial charge in [0.25, 0.3) is 0 Å². The van der Waals surface area contributed by atoms with Gasteiger partial charge in [-0.15, -0.1) is 0 Å². The van der Waals surface area contributed by atoms with Gasteiger partial charge in [0.15, 0.2) is 0 Å². The molecule has 1 aromatic carbocycles. The van der Waals surface area contributed by atoms with Crippen LogP contribution in [0.2, 0.25) is 0 Å². The van der Waals surface area contributed by atoms with Crippen LogP contribution in [0.3, 0.4) is 0 Å². The molecular weight excluding hydrogens is 248 g/mol. The highest BCUT2D eigenvalue weighted by molar-refractivity contribution is 5.82. The van der Waals surface area contributed by atoms with Gasteiger partial charge >= 0.3 is 5.97 Å². The molecule has 1 rings (SSSR count). The van der Waals surface area contributed by atoms with E-state index in [9.17, 15) is 9.59 Å². The minimum Gasteiger partial charge on any atom is -0.508 e. The molecule has 0 heterocycles. The number of rotatable bonds is 6. The third-order valence-electron chi connectivity index (χ3n) is 2.58. The van der Waals surface area contributed by atoms with Crippen LogP contribution in [0.4, 0.5) is 0 Å². The summed E-state index contributed by atoms with van der Waals surface area (Å²) in [6, 6.07) is 5.80. The van der Waals surface area contributed by atoms with E-state index in [-0.39, 0.29) is 30.6 Å². The average Bonchev–Trinajstić information content (AvgIpc) is 2.40. The van der Waals surface area contributed by atoms with E-state index in [2.05, 4.69) is 10.1 Å². The maximum Gasteiger partial charge on any atom is 0.307 e. The quantitative estimate of drug-likeness (QED) is 0.626. The van der Waals surface area contributed by atoms with Crippen molar-refractivity contribution in [3.8, 4) is 5.75 Å². The summed E-state index contributed by atoms with van der Waals surface area (Å²) in [6.07, 6.45) is 0.485. The monoisotopic (exact) mass is 266 g/mol. The number of carbonyl (C=O) groups is 2. The van der Waals surface area contributed by atoms with Crippen molar-refractivity contribution in [3.05, 3.63) is 29.8 Å². The molecule has 1 atom stereocenters. The number of hydrogen-bond acceptors (Lipinski definition) is 5. The summed E-state index contributed by atoms with van der Waals surface area (Å²) < 4.78 is 4.45. The second-order valence-corrected chi connectivity index (χ2v) is 4.09. The van der Waals surface area contributed by atoms with Gasteiger partial charge in [-0.3, -0.25) is 9.59 Å². The zero-order valence-electron chi connectivity index (χ0n) is 10.8. The highest BCUT2D eigenvalue weighted by Gasteiger charge is 2.14. The molecule has 0 aliphatic rings. The number of methoxy groups -OCH3 is 1. The van der Waals surface area contributed by atoms with Crippen LogP contribution < -0.4 is 11.1 Å². The summed E-state index contributed by atoms with van der Waals surface area (Å²) in [7, 11) is 1.29. The number of esters is 1. The molecule has 0 aromatic heterocycles. The fourth-order valence-corrected chi connectivity index (χ4v) is 1.50. The van der Waals surface area contributed by atoms with Crippen LogP contribution >= 0.6 is 0 Å². The first-order valence-electron chi connectivity index (χ1n) is 5.91. The molecule has 0 unspecified atom stereocenters. The smallest absolute Gasteiger partial charge is 0.307 e. The van der Waals surface area contributed by atoms with Crippen LogP contribution in [0.15, 0.2) is 24.3 Å². The predicted molar refractivity (Wildman–Crippen MR) is 69.4 cm³/mol. The van der Waals surface area contributed by atoms with Crippen molar-refractivity contribution in [1.29, 1.82) is 0 Å². The Morgan fingerprint density at radius 3 is 2.58 bits per heavy atom. The Kier molecular flexibility index (Phi) is 5.81. The van der Waals surface area contributed by atoms with Crippen molar-refractivity contribution in [1.82, 2.24) is 5.32 Å². The van der Waals surface area contributed by atoms with Crippen LogP contribution in [0.1, 0.15) is 12.0 Å². The van der Waals surface area contributed by atoms with Crippen LogP contribution in [0.25, 0.3) is 0 Å². The fraction of sp³-hybridized carbons (Fsp3) is 0.385. The Balaban J connectivity index is 2.36. The number of carbonyl (C=O) groups excluding carboxylic acids is 2. The van der Waals surface area contributed by atoms with Crippen LogP contribution in [-0.2, 0) is 20.7 Å². The summed E-state index contributed by atoms with van der Waals surface area (Å²) in [5.41, 5.74) is 6.60. The largest absolute Gasteiger partial charge is 0.508 e. The molecule has 104 valence electrons. The normalized spacial score (nSPS) is 11.7. The highest BCUT2D eigenvalue weighted by atomic mass is 16.5. The molecule has 1 amide bonds. The Hall–Kier alpha value is -2.08. The fourth-order valence-electron chi connectivity index (χ4n) is 1.50. The highest BCUT2D eigenvalue weighted by Crippen LogP contribution is 2.10. The summed E-state index contributed by atoms with van der Waals surface area (Å²) in [4.78, 5) is 22.5. The van der Waals surface area contributed by atoms with Gasteiger partial charge in [-0.05, 0) is 24.1 Å². The second-order valence-electron chi connectivity index (χ2n) is 4.09. The van der Waals surface area contributed by atoms with Crippen molar-refractivity contribution < 1.29 is 19.4 Å². The topological polar surface area (TPSA) is 102 Å². The molecule has 0 saturated heterocycles. The van der Waals surface area contributed by atoms with Crippen molar-refractivity contribution in [3.63, 3.8) is 0 Å². The molecule has 4 N–H and O–H groups in total. The summed E-state index contributed by atoms with van der Waals surface area (Å²) in [5.74, 6) is -0.538. The SMILES string of the molecule is COC(=O)CCNC(=O)[C@H](N)Cc1ccc(O)cc1. The first kappa shape index (κ1) is 15.0. The molecule has 19 heavy (non-hydrogen) atoms. The zero-order valence-corrected chi connectivity index (χ0v) is 10.8. The number of nitrogens with one attached hydrogen (secondary N) is 1. The van der Waals surface area contributed by atoms with Crippen molar-refractivity contribution in [2.24, 2.45) is 5.73 Å². The number of ether oxygens (including phenoxy) is 1.